The predicted molar refractivity (Wildman–Crippen MR) is 97.7 cm³/mol. The number of rotatable bonds is 6. The Balaban J connectivity index is 1.69. The maximum Gasteiger partial charge on any atom is 0.237 e. The van der Waals surface area contributed by atoms with Crippen LogP contribution in [0.15, 0.2) is 63.7 Å². The number of benzene rings is 1. The maximum atomic E-state index is 12.8. The van der Waals surface area contributed by atoms with E-state index in [1.54, 1.807) is 18.0 Å². The number of aryl methyl sites for hydroxylation is 1. The van der Waals surface area contributed by atoms with E-state index < -0.39 is 0 Å². The number of hydrogen-bond acceptors (Lipinski definition) is 3. The summed E-state index contributed by atoms with van der Waals surface area (Å²) in [7, 11) is 0. The second kappa shape index (κ2) is 8.25. The largest absolute Gasteiger partial charge is 0.467 e. The molecule has 3 nitrogen and oxygen atoms in total. The molecule has 0 unspecified atom stereocenters. The third-order valence-electron chi connectivity index (χ3n) is 4.16. The Labute approximate surface area is 147 Å². The Morgan fingerprint density at radius 2 is 2.17 bits per heavy atom. The molecule has 3 rings (SSSR count). The van der Waals surface area contributed by atoms with Crippen molar-refractivity contribution in [2.45, 2.75) is 44.0 Å². The van der Waals surface area contributed by atoms with Crippen molar-refractivity contribution in [2.75, 3.05) is 5.75 Å². The van der Waals surface area contributed by atoms with Crippen LogP contribution in [0, 0.1) is 6.92 Å². The molecule has 1 aliphatic carbocycles. The predicted octanol–water partition coefficient (Wildman–Crippen LogP) is 5.17. The summed E-state index contributed by atoms with van der Waals surface area (Å²) in [6, 6.07) is 12.1. The molecule has 4 heteroatoms. The lowest BCUT2D eigenvalue weighted by Gasteiger charge is -2.27. The molecule has 2 aromatic rings. The lowest BCUT2D eigenvalue weighted by molar-refractivity contribution is -0.127. The molecule has 1 aromatic heterocycles. The molecule has 24 heavy (non-hydrogen) atoms. The summed E-state index contributed by atoms with van der Waals surface area (Å²) in [6.45, 7) is 2.59. The maximum absolute atomic E-state index is 12.8. The van der Waals surface area contributed by atoms with E-state index >= 15 is 0 Å². The van der Waals surface area contributed by atoms with Gasteiger partial charge in [-0.05, 0) is 56.9 Å². The average molecular weight is 341 g/mol. The lowest BCUT2D eigenvalue weighted by atomic mass is 10.0. The van der Waals surface area contributed by atoms with E-state index in [1.165, 1.54) is 12.0 Å². The summed E-state index contributed by atoms with van der Waals surface area (Å²) >= 11 is 1.60. The van der Waals surface area contributed by atoms with Crippen molar-refractivity contribution in [2.24, 2.45) is 0 Å². The summed E-state index contributed by atoms with van der Waals surface area (Å²) < 4.78 is 5.46. The number of furan rings is 1. The Morgan fingerprint density at radius 3 is 2.88 bits per heavy atom. The molecule has 0 saturated heterocycles. The van der Waals surface area contributed by atoms with Gasteiger partial charge in [0.15, 0.2) is 0 Å². The Hall–Kier alpha value is -1.94. The highest BCUT2D eigenvalue weighted by atomic mass is 32.2. The van der Waals surface area contributed by atoms with Crippen molar-refractivity contribution in [1.29, 1.82) is 0 Å². The second-order valence-electron chi connectivity index (χ2n) is 6.11. The van der Waals surface area contributed by atoms with Gasteiger partial charge in [-0.15, -0.1) is 11.8 Å². The third-order valence-corrected chi connectivity index (χ3v) is 5.14. The molecule has 1 amide bonds. The summed E-state index contributed by atoms with van der Waals surface area (Å²) in [5.74, 6) is 1.42. The number of nitrogens with zero attached hydrogens (tertiary/aromatic N) is 1. The third kappa shape index (κ3) is 4.54. The minimum absolute atomic E-state index is 0.144. The normalized spacial score (nSPS) is 14.3. The molecule has 0 N–H and O–H groups in total. The molecule has 0 atom stereocenters. The molecule has 0 spiro atoms. The van der Waals surface area contributed by atoms with Crippen molar-refractivity contribution in [3.8, 4) is 0 Å². The first-order valence-electron chi connectivity index (χ1n) is 8.43. The van der Waals surface area contributed by atoms with Gasteiger partial charge in [-0.3, -0.25) is 4.79 Å². The summed E-state index contributed by atoms with van der Waals surface area (Å²) in [6.07, 6.45) is 8.27. The van der Waals surface area contributed by atoms with Crippen molar-refractivity contribution in [1.82, 2.24) is 4.90 Å². The number of carbonyl (C=O) groups excluding carboxylic acids is 1. The molecule has 0 bridgehead atoms. The zero-order valence-corrected chi connectivity index (χ0v) is 14.8. The standard InChI is InChI=1S/C20H23NO2S/c1-16-7-5-11-19(13-16)24-15-20(22)21(14-18-10-6-12-23-18)17-8-3-2-4-9-17/h5-8,10-13H,2-4,9,14-15H2,1H3. The van der Waals surface area contributed by atoms with E-state index in [9.17, 15) is 4.79 Å². The fourth-order valence-corrected chi connectivity index (χ4v) is 3.79. The second-order valence-corrected chi connectivity index (χ2v) is 7.15. The summed E-state index contributed by atoms with van der Waals surface area (Å²) in [5, 5.41) is 0. The van der Waals surface area contributed by atoms with E-state index in [0.29, 0.717) is 12.3 Å². The van der Waals surface area contributed by atoms with Crippen LogP contribution in [-0.2, 0) is 11.3 Å². The van der Waals surface area contributed by atoms with Crippen molar-refractivity contribution >= 4 is 17.7 Å². The number of carbonyl (C=O) groups is 1. The number of thioether (sulfide) groups is 1. The van der Waals surface area contributed by atoms with Gasteiger partial charge in [-0.25, -0.2) is 0 Å². The summed E-state index contributed by atoms with van der Waals surface area (Å²) in [5.41, 5.74) is 2.36. The molecule has 1 aromatic carbocycles. The minimum Gasteiger partial charge on any atom is -0.467 e. The molecular weight excluding hydrogens is 318 g/mol. The van der Waals surface area contributed by atoms with Crippen LogP contribution in [-0.4, -0.2) is 16.6 Å². The van der Waals surface area contributed by atoms with Crippen LogP contribution in [0.2, 0.25) is 0 Å². The van der Waals surface area contributed by atoms with Gasteiger partial charge in [0.25, 0.3) is 0 Å². The van der Waals surface area contributed by atoms with Crippen molar-refractivity contribution in [3.63, 3.8) is 0 Å². The highest BCUT2D eigenvalue weighted by Gasteiger charge is 2.21. The Kier molecular flexibility index (Phi) is 5.81. The molecule has 0 saturated carbocycles. The number of allylic oxidation sites excluding steroid dienone is 2. The van der Waals surface area contributed by atoms with Gasteiger partial charge in [0.1, 0.15) is 5.76 Å². The Morgan fingerprint density at radius 1 is 1.25 bits per heavy atom. The molecular formula is C20H23NO2S. The quantitative estimate of drug-likeness (QED) is 0.680. The van der Waals surface area contributed by atoms with Gasteiger partial charge < -0.3 is 9.32 Å². The van der Waals surface area contributed by atoms with Gasteiger partial charge in [-0.1, -0.05) is 23.8 Å². The fraction of sp³-hybridized carbons (Fsp3) is 0.350. The topological polar surface area (TPSA) is 33.5 Å². The Bertz CT molecular complexity index is 706. The van der Waals surface area contributed by atoms with Gasteiger partial charge >= 0.3 is 0 Å². The first-order valence-corrected chi connectivity index (χ1v) is 9.42. The molecule has 1 heterocycles. The SMILES string of the molecule is Cc1cccc(SCC(=O)N(Cc2ccco2)C2=CCCCC2)c1. The van der Waals surface area contributed by atoms with E-state index in [2.05, 4.69) is 31.2 Å². The van der Waals surface area contributed by atoms with Crippen LogP contribution in [0.4, 0.5) is 0 Å². The number of amides is 1. The molecule has 0 radical (unpaired) electrons. The van der Waals surface area contributed by atoms with E-state index in [4.69, 9.17) is 4.42 Å². The smallest absolute Gasteiger partial charge is 0.237 e. The van der Waals surface area contributed by atoms with Gasteiger partial charge in [-0.2, -0.15) is 0 Å². The van der Waals surface area contributed by atoms with Crippen LogP contribution in [0.25, 0.3) is 0 Å². The minimum atomic E-state index is 0.144. The van der Waals surface area contributed by atoms with E-state index in [-0.39, 0.29) is 5.91 Å². The number of hydrogen-bond donors (Lipinski definition) is 0. The van der Waals surface area contributed by atoms with Crippen LogP contribution in [0.1, 0.15) is 37.0 Å². The van der Waals surface area contributed by atoms with Crippen molar-refractivity contribution in [3.05, 3.63) is 65.8 Å². The highest BCUT2D eigenvalue weighted by Crippen LogP contribution is 2.25. The van der Waals surface area contributed by atoms with Crippen LogP contribution < -0.4 is 0 Å². The first kappa shape index (κ1) is 16.9. The molecule has 1 aliphatic rings. The highest BCUT2D eigenvalue weighted by molar-refractivity contribution is 8.00. The zero-order valence-electron chi connectivity index (χ0n) is 14.0. The van der Waals surface area contributed by atoms with Crippen LogP contribution in [0.3, 0.4) is 0 Å². The first-order chi connectivity index (χ1) is 11.7. The van der Waals surface area contributed by atoms with Crippen LogP contribution in [0.5, 0.6) is 0 Å². The van der Waals surface area contributed by atoms with Crippen molar-refractivity contribution < 1.29 is 9.21 Å². The molecule has 126 valence electrons. The monoisotopic (exact) mass is 341 g/mol. The zero-order chi connectivity index (χ0) is 16.8. The molecule has 0 aliphatic heterocycles. The average Bonchev–Trinajstić information content (AvgIpc) is 3.12. The lowest BCUT2D eigenvalue weighted by Crippen LogP contribution is -2.32. The fourth-order valence-electron chi connectivity index (χ4n) is 2.90. The van der Waals surface area contributed by atoms with Gasteiger partial charge in [0.2, 0.25) is 5.91 Å². The van der Waals surface area contributed by atoms with E-state index in [0.717, 1.165) is 35.6 Å². The summed E-state index contributed by atoms with van der Waals surface area (Å²) in [4.78, 5) is 15.9. The van der Waals surface area contributed by atoms with E-state index in [1.807, 2.05) is 23.1 Å². The van der Waals surface area contributed by atoms with Gasteiger partial charge in [0.05, 0.1) is 18.6 Å². The van der Waals surface area contributed by atoms with Crippen LogP contribution >= 0.6 is 11.8 Å². The molecule has 0 fully saturated rings. The van der Waals surface area contributed by atoms with Gasteiger partial charge in [0, 0.05) is 10.6 Å².